The molecule has 1 aliphatic heterocycles. The lowest BCUT2D eigenvalue weighted by Gasteiger charge is -2.18. The highest BCUT2D eigenvalue weighted by atomic mass is 35.5. The Morgan fingerprint density at radius 3 is 2.74 bits per heavy atom. The molecule has 0 fully saturated rings. The second kappa shape index (κ2) is 6.75. The van der Waals surface area contributed by atoms with E-state index < -0.39 is 0 Å². The number of methoxy groups -OCH3 is 1. The molecule has 1 aromatic heterocycles. The van der Waals surface area contributed by atoms with E-state index in [0.29, 0.717) is 45.8 Å². The van der Waals surface area contributed by atoms with E-state index in [4.69, 9.17) is 33.7 Å². The van der Waals surface area contributed by atoms with Gasteiger partial charge in [-0.25, -0.2) is 14.8 Å². The molecule has 0 saturated heterocycles. The molecule has 0 spiro atoms. The third-order valence-corrected chi connectivity index (χ3v) is 4.88. The summed E-state index contributed by atoms with van der Waals surface area (Å²) in [7, 11) is 1.52. The molecule has 4 rings (SSSR count). The zero-order valence-corrected chi connectivity index (χ0v) is 15.8. The predicted octanol–water partition coefficient (Wildman–Crippen LogP) is 3.52. The molecule has 138 valence electrons. The van der Waals surface area contributed by atoms with Gasteiger partial charge in [0.2, 0.25) is 5.95 Å². The number of benzene rings is 1. The lowest BCUT2D eigenvalue weighted by atomic mass is 10.0. The van der Waals surface area contributed by atoms with Gasteiger partial charge in [0.1, 0.15) is 5.75 Å². The first-order valence-electron chi connectivity index (χ1n) is 8.09. The van der Waals surface area contributed by atoms with Gasteiger partial charge in [0, 0.05) is 16.3 Å². The van der Waals surface area contributed by atoms with Crippen LogP contribution in [0, 0.1) is 0 Å². The number of rotatable bonds is 3. The maximum atomic E-state index is 12.5. The fourth-order valence-corrected chi connectivity index (χ4v) is 3.61. The van der Waals surface area contributed by atoms with Crippen LogP contribution < -0.4 is 15.8 Å². The number of nitrogens with one attached hydrogen (secondary N) is 1. The summed E-state index contributed by atoms with van der Waals surface area (Å²) in [5, 5.41) is 3.65. The number of ether oxygens (including phenoxy) is 1. The number of hydrogen-bond donors (Lipinski definition) is 2. The number of carbonyl (C=O) groups excluding carboxylic acids is 1. The van der Waals surface area contributed by atoms with Gasteiger partial charge in [0.05, 0.1) is 42.2 Å². The van der Waals surface area contributed by atoms with Crippen molar-refractivity contribution in [3.05, 3.63) is 57.4 Å². The van der Waals surface area contributed by atoms with E-state index in [9.17, 15) is 4.79 Å². The van der Waals surface area contributed by atoms with Gasteiger partial charge in [-0.15, -0.1) is 0 Å². The molecule has 2 heterocycles. The molecule has 3 N–H and O–H groups in total. The number of nitrogens with two attached hydrogens (primary N) is 1. The Morgan fingerprint density at radius 2 is 2.07 bits per heavy atom. The van der Waals surface area contributed by atoms with Crippen molar-refractivity contribution in [2.24, 2.45) is 0 Å². The third-order valence-electron chi connectivity index (χ3n) is 4.37. The van der Waals surface area contributed by atoms with Crippen molar-refractivity contribution in [2.75, 3.05) is 12.8 Å². The summed E-state index contributed by atoms with van der Waals surface area (Å²) >= 11 is 12.5. The number of halogens is 2. The predicted molar refractivity (Wildman–Crippen MR) is 103 cm³/mol. The Hall–Kier alpha value is -2.77. The van der Waals surface area contributed by atoms with Crippen LogP contribution in [0.2, 0.25) is 10.0 Å². The molecule has 1 aromatic carbocycles. The van der Waals surface area contributed by atoms with Crippen molar-refractivity contribution >= 4 is 35.2 Å². The average molecular weight is 404 g/mol. The number of anilines is 1. The van der Waals surface area contributed by atoms with E-state index in [2.05, 4.69) is 15.3 Å². The van der Waals surface area contributed by atoms with E-state index in [0.717, 1.165) is 11.3 Å². The first-order chi connectivity index (χ1) is 13.0. The van der Waals surface area contributed by atoms with Crippen molar-refractivity contribution in [3.8, 4) is 17.0 Å². The van der Waals surface area contributed by atoms with Crippen molar-refractivity contribution in [1.82, 2.24) is 20.2 Å². The molecular formula is C18H15Cl2N5O2. The minimum Gasteiger partial charge on any atom is -0.496 e. The Kier molecular flexibility index (Phi) is 4.41. The molecule has 2 amide bonds. The van der Waals surface area contributed by atoms with Crippen molar-refractivity contribution in [1.29, 1.82) is 0 Å². The number of amides is 2. The van der Waals surface area contributed by atoms with E-state index in [-0.39, 0.29) is 12.0 Å². The Balaban J connectivity index is 1.73. The fourth-order valence-electron chi connectivity index (χ4n) is 3.04. The maximum Gasteiger partial charge on any atom is 0.322 e. The molecule has 2 aliphatic rings. The summed E-state index contributed by atoms with van der Waals surface area (Å²) in [6.07, 6.45) is 5.50. The minimum absolute atomic E-state index is 0.101. The Morgan fingerprint density at radius 1 is 1.30 bits per heavy atom. The number of fused-ring (bicyclic) bond motifs is 1. The van der Waals surface area contributed by atoms with Crippen LogP contribution in [0.3, 0.4) is 0 Å². The van der Waals surface area contributed by atoms with Crippen molar-refractivity contribution in [2.45, 2.75) is 13.1 Å². The van der Waals surface area contributed by atoms with Crippen LogP contribution in [-0.2, 0) is 13.1 Å². The molecule has 7 nitrogen and oxygen atoms in total. The molecule has 0 unspecified atom stereocenters. The van der Waals surface area contributed by atoms with Crippen LogP contribution >= 0.6 is 23.2 Å². The van der Waals surface area contributed by atoms with E-state index >= 15 is 0 Å². The van der Waals surface area contributed by atoms with Gasteiger partial charge in [0.15, 0.2) is 0 Å². The average Bonchev–Trinajstić information content (AvgIpc) is 3.00. The highest BCUT2D eigenvalue weighted by Crippen LogP contribution is 2.42. The largest absolute Gasteiger partial charge is 0.496 e. The van der Waals surface area contributed by atoms with E-state index in [1.165, 1.54) is 7.11 Å². The van der Waals surface area contributed by atoms with E-state index in [1.54, 1.807) is 17.0 Å². The van der Waals surface area contributed by atoms with E-state index in [1.807, 2.05) is 18.2 Å². The van der Waals surface area contributed by atoms with Gasteiger partial charge < -0.3 is 20.7 Å². The first kappa shape index (κ1) is 17.6. The van der Waals surface area contributed by atoms with Crippen LogP contribution in [-0.4, -0.2) is 28.0 Å². The summed E-state index contributed by atoms with van der Waals surface area (Å²) in [5.41, 5.74) is 9.24. The maximum absolute atomic E-state index is 12.5. The molecule has 9 heteroatoms. The summed E-state index contributed by atoms with van der Waals surface area (Å²) in [4.78, 5) is 22.8. The number of urea groups is 1. The normalized spacial score (nSPS) is 14.5. The topological polar surface area (TPSA) is 93.4 Å². The molecule has 27 heavy (non-hydrogen) atoms. The summed E-state index contributed by atoms with van der Waals surface area (Å²) < 4.78 is 5.43. The zero-order chi connectivity index (χ0) is 19.1. The Labute approximate surface area is 165 Å². The van der Waals surface area contributed by atoms with Gasteiger partial charge in [-0.1, -0.05) is 29.3 Å². The number of allylic oxidation sites excluding steroid dienone is 3. The third kappa shape index (κ3) is 3.20. The highest BCUT2D eigenvalue weighted by molar-refractivity contribution is 6.37. The molecule has 2 aromatic rings. The number of carbonyl (C=O) groups is 1. The lowest BCUT2D eigenvalue weighted by Crippen LogP contribution is -2.36. The van der Waals surface area contributed by atoms with Gasteiger partial charge in [-0.3, -0.25) is 0 Å². The van der Waals surface area contributed by atoms with Crippen molar-refractivity contribution in [3.63, 3.8) is 0 Å². The SMILES string of the molecule is COc1cc(Cl)cc(Cl)c1-c1nc(N)nc2c1CN(C(=O)NC1=CC=C1)C2. The van der Waals surface area contributed by atoms with Crippen molar-refractivity contribution < 1.29 is 9.53 Å². The highest BCUT2D eigenvalue weighted by Gasteiger charge is 2.30. The minimum atomic E-state index is -0.220. The molecule has 1 aliphatic carbocycles. The number of nitrogens with zero attached hydrogens (tertiary/aromatic N) is 3. The van der Waals surface area contributed by atoms with Crippen LogP contribution in [0.15, 0.2) is 36.1 Å². The molecule has 0 radical (unpaired) electrons. The summed E-state index contributed by atoms with van der Waals surface area (Å²) in [6.45, 7) is 0.654. The zero-order valence-electron chi connectivity index (χ0n) is 14.3. The Bertz CT molecular complexity index is 1020. The lowest BCUT2D eigenvalue weighted by molar-refractivity contribution is 0.201. The van der Waals surface area contributed by atoms with Gasteiger partial charge in [-0.2, -0.15) is 0 Å². The van der Waals surface area contributed by atoms with Crippen LogP contribution in [0.4, 0.5) is 10.7 Å². The number of hydrogen-bond acceptors (Lipinski definition) is 5. The van der Waals surface area contributed by atoms with Gasteiger partial charge in [0.25, 0.3) is 0 Å². The number of nitrogen functional groups attached to an aromatic ring is 1. The smallest absolute Gasteiger partial charge is 0.322 e. The molecular weight excluding hydrogens is 389 g/mol. The quantitative estimate of drug-likeness (QED) is 0.817. The molecule has 0 saturated carbocycles. The molecule has 0 atom stereocenters. The van der Waals surface area contributed by atoms with Crippen LogP contribution in [0.25, 0.3) is 11.3 Å². The standard InChI is InChI=1S/C18H15Cl2N5O2/c1-27-14-6-9(19)5-12(20)15(14)16-11-7-25(8-13(11)23-17(21)24-16)18(26)22-10-3-2-4-10/h2-6H,7-8H2,1H3,(H,22,26)(H2,21,23,24). The monoisotopic (exact) mass is 403 g/mol. The number of aromatic nitrogens is 2. The van der Waals surface area contributed by atoms with Gasteiger partial charge in [-0.05, 0) is 24.3 Å². The van der Waals surface area contributed by atoms with Crippen LogP contribution in [0.5, 0.6) is 5.75 Å². The summed E-state index contributed by atoms with van der Waals surface area (Å²) in [5.74, 6) is 0.573. The summed E-state index contributed by atoms with van der Waals surface area (Å²) in [6, 6.07) is 3.05. The van der Waals surface area contributed by atoms with Crippen LogP contribution in [0.1, 0.15) is 11.3 Å². The second-order valence-electron chi connectivity index (χ2n) is 6.09. The first-order valence-corrected chi connectivity index (χ1v) is 8.85. The fraction of sp³-hybridized carbons (Fsp3) is 0.167. The second-order valence-corrected chi connectivity index (χ2v) is 6.93. The van der Waals surface area contributed by atoms with Gasteiger partial charge >= 0.3 is 6.03 Å². The molecule has 0 bridgehead atoms.